The summed E-state index contributed by atoms with van der Waals surface area (Å²) in [5.41, 5.74) is 0. The first-order valence-electron chi connectivity index (χ1n) is 6.42. The van der Waals surface area contributed by atoms with Gasteiger partial charge in [-0.1, -0.05) is 0 Å². The molecule has 0 aliphatic carbocycles. The number of sulfone groups is 1. The van der Waals surface area contributed by atoms with Crippen molar-refractivity contribution in [2.45, 2.75) is 31.4 Å². The second kappa shape index (κ2) is 6.13. The van der Waals surface area contributed by atoms with Crippen molar-refractivity contribution in [3.8, 4) is 0 Å². The summed E-state index contributed by atoms with van der Waals surface area (Å²) in [6.45, 7) is 3.22. The maximum Gasteiger partial charge on any atom is 0.153 e. The standard InChI is InChI=1S/C11H22N2O3S/c14-17(15)7-5-13-10(9-17)3-4-12-8-11-2-1-6-16-11/h10-13H,1-9H2. The maximum absolute atomic E-state index is 11.4. The van der Waals surface area contributed by atoms with Crippen LogP contribution in [0.15, 0.2) is 0 Å². The van der Waals surface area contributed by atoms with Gasteiger partial charge >= 0.3 is 0 Å². The molecule has 100 valence electrons. The zero-order chi connectivity index (χ0) is 12.1. The van der Waals surface area contributed by atoms with E-state index in [1.54, 1.807) is 0 Å². The Kier molecular flexibility index (Phi) is 4.78. The van der Waals surface area contributed by atoms with Crippen molar-refractivity contribution >= 4 is 9.84 Å². The first-order valence-corrected chi connectivity index (χ1v) is 8.24. The monoisotopic (exact) mass is 262 g/mol. The molecule has 2 aliphatic rings. The average molecular weight is 262 g/mol. The summed E-state index contributed by atoms with van der Waals surface area (Å²) in [5.74, 6) is 0.571. The van der Waals surface area contributed by atoms with Gasteiger partial charge < -0.3 is 15.4 Å². The first kappa shape index (κ1) is 13.3. The lowest BCUT2D eigenvalue weighted by molar-refractivity contribution is 0.110. The fourth-order valence-corrected chi connectivity index (χ4v) is 3.89. The lowest BCUT2D eigenvalue weighted by Gasteiger charge is -2.23. The van der Waals surface area contributed by atoms with Gasteiger partial charge in [-0.25, -0.2) is 8.42 Å². The molecule has 0 aromatic carbocycles. The van der Waals surface area contributed by atoms with E-state index in [-0.39, 0.29) is 17.5 Å². The second-order valence-corrected chi connectivity index (χ2v) is 7.12. The lowest BCUT2D eigenvalue weighted by Crippen LogP contribution is -2.46. The summed E-state index contributed by atoms with van der Waals surface area (Å²) in [7, 11) is -2.80. The van der Waals surface area contributed by atoms with Crippen LogP contribution in [0, 0.1) is 0 Å². The van der Waals surface area contributed by atoms with Crippen LogP contribution < -0.4 is 10.6 Å². The Bertz CT molecular complexity index is 326. The molecule has 0 radical (unpaired) electrons. The third kappa shape index (κ3) is 4.54. The van der Waals surface area contributed by atoms with Crippen molar-refractivity contribution < 1.29 is 13.2 Å². The van der Waals surface area contributed by atoms with Crippen LogP contribution in [0.1, 0.15) is 19.3 Å². The second-order valence-electron chi connectivity index (χ2n) is 4.89. The molecule has 6 heteroatoms. The van der Waals surface area contributed by atoms with Gasteiger partial charge in [0.05, 0.1) is 17.6 Å². The number of nitrogens with one attached hydrogen (secondary N) is 2. The Labute approximate surface area is 103 Å². The van der Waals surface area contributed by atoms with Crippen molar-refractivity contribution in [1.29, 1.82) is 0 Å². The van der Waals surface area contributed by atoms with Gasteiger partial charge in [0.15, 0.2) is 9.84 Å². The van der Waals surface area contributed by atoms with Gasteiger partial charge in [-0.05, 0) is 25.8 Å². The Morgan fingerprint density at radius 3 is 3.00 bits per heavy atom. The normalized spacial score (nSPS) is 32.7. The Morgan fingerprint density at radius 1 is 1.41 bits per heavy atom. The molecule has 2 N–H and O–H groups in total. The number of hydrogen-bond donors (Lipinski definition) is 2. The molecule has 0 amide bonds. The summed E-state index contributed by atoms with van der Waals surface area (Å²) >= 11 is 0. The van der Waals surface area contributed by atoms with Gasteiger partial charge in [-0.2, -0.15) is 0 Å². The summed E-state index contributed by atoms with van der Waals surface area (Å²) in [5, 5.41) is 6.59. The zero-order valence-electron chi connectivity index (χ0n) is 10.2. The minimum Gasteiger partial charge on any atom is -0.377 e. The third-order valence-electron chi connectivity index (χ3n) is 3.37. The molecule has 2 atom stereocenters. The highest BCUT2D eigenvalue weighted by molar-refractivity contribution is 7.91. The topological polar surface area (TPSA) is 67.4 Å². The number of ether oxygens (including phenoxy) is 1. The Hall–Kier alpha value is -0.170. The minimum atomic E-state index is -2.80. The molecule has 2 fully saturated rings. The summed E-state index contributed by atoms with van der Waals surface area (Å²) in [4.78, 5) is 0. The third-order valence-corrected chi connectivity index (χ3v) is 5.10. The van der Waals surface area contributed by atoms with E-state index < -0.39 is 9.84 Å². The predicted octanol–water partition coefficient (Wildman–Crippen LogP) is -0.468. The van der Waals surface area contributed by atoms with E-state index in [1.165, 1.54) is 0 Å². The molecular weight excluding hydrogens is 240 g/mol. The highest BCUT2D eigenvalue weighted by Crippen LogP contribution is 2.10. The van der Waals surface area contributed by atoms with Gasteiger partial charge in [0, 0.05) is 25.7 Å². The highest BCUT2D eigenvalue weighted by atomic mass is 32.2. The van der Waals surface area contributed by atoms with E-state index in [9.17, 15) is 8.42 Å². The summed E-state index contributed by atoms with van der Waals surface area (Å²) in [6, 6.07) is 0.116. The largest absolute Gasteiger partial charge is 0.377 e. The van der Waals surface area contributed by atoms with E-state index >= 15 is 0 Å². The molecule has 0 saturated carbocycles. The summed E-state index contributed by atoms with van der Waals surface area (Å²) < 4.78 is 28.3. The molecule has 0 aromatic heterocycles. The first-order chi connectivity index (χ1) is 8.16. The van der Waals surface area contributed by atoms with Crippen molar-refractivity contribution in [2.75, 3.05) is 37.7 Å². The maximum atomic E-state index is 11.4. The number of rotatable bonds is 5. The van der Waals surface area contributed by atoms with Crippen molar-refractivity contribution in [3.63, 3.8) is 0 Å². The molecule has 2 aliphatic heterocycles. The van der Waals surface area contributed by atoms with Crippen LogP contribution in [-0.4, -0.2) is 58.3 Å². The van der Waals surface area contributed by atoms with Gasteiger partial charge in [-0.15, -0.1) is 0 Å². The van der Waals surface area contributed by atoms with E-state index in [1.807, 2.05) is 0 Å². The minimum absolute atomic E-state index is 0.116. The quantitative estimate of drug-likeness (QED) is 0.656. The molecule has 0 bridgehead atoms. The average Bonchev–Trinajstić information content (AvgIpc) is 2.76. The highest BCUT2D eigenvalue weighted by Gasteiger charge is 2.23. The van der Waals surface area contributed by atoms with Crippen LogP contribution in [0.2, 0.25) is 0 Å². The van der Waals surface area contributed by atoms with Crippen LogP contribution in [0.25, 0.3) is 0 Å². The van der Waals surface area contributed by atoms with Crippen molar-refractivity contribution in [3.05, 3.63) is 0 Å². The molecule has 2 heterocycles. The molecule has 2 saturated heterocycles. The van der Waals surface area contributed by atoms with Gasteiger partial charge in [0.1, 0.15) is 0 Å². The molecule has 5 nitrogen and oxygen atoms in total. The molecule has 2 rings (SSSR count). The van der Waals surface area contributed by atoms with Crippen molar-refractivity contribution in [2.24, 2.45) is 0 Å². The SMILES string of the molecule is O=S1(=O)CCNC(CCNCC2CCCO2)C1. The predicted molar refractivity (Wildman–Crippen MR) is 66.9 cm³/mol. The molecule has 0 aromatic rings. The van der Waals surface area contributed by atoms with Crippen LogP contribution >= 0.6 is 0 Å². The van der Waals surface area contributed by atoms with Crippen LogP contribution in [0.5, 0.6) is 0 Å². The van der Waals surface area contributed by atoms with Gasteiger partial charge in [-0.3, -0.25) is 0 Å². The smallest absolute Gasteiger partial charge is 0.153 e. The van der Waals surface area contributed by atoms with Crippen LogP contribution in [0.3, 0.4) is 0 Å². The molecular formula is C11H22N2O3S. The Morgan fingerprint density at radius 2 is 2.29 bits per heavy atom. The van der Waals surface area contributed by atoms with E-state index in [0.717, 1.165) is 39.0 Å². The van der Waals surface area contributed by atoms with Crippen molar-refractivity contribution in [1.82, 2.24) is 10.6 Å². The van der Waals surface area contributed by atoms with Gasteiger partial charge in [0.2, 0.25) is 0 Å². The van der Waals surface area contributed by atoms with Crippen LogP contribution in [-0.2, 0) is 14.6 Å². The van der Waals surface area contributed by atoms with E-state index in [0.29, 0.717) is 12.6 Å². The summed E-state index contributed by atoms with van der Waals surface area (Å²) in [6.07, 6.45) is 3.53. The molecule has 2 unspecified atom stereocenters. The zero-order valence-corrected chi connectivity index (χ0v) is 11.0. The van der Waals surface area contributed by atoms with Crippen LogP contribution in [0.4, 0.5) is 0 Å². The van der Waals surface area contributed by atoms with E-state index in [4.69, 9.17) is 4.74 Å². The number of hydrogen-bond acceptors (Lipinski definition) is 5. The lowest BCUT2D eigenvalue weighted by atomic mass is 10.2. The Balaban J connectivity index is 1.58. The fourth-order valence-electron chi connectivity index (χ4n) is 2.40. The molecule has 17 heavy (non-hydrogen) atoms. The van der Waals surface area contributed by atoms with E-state index in [2.05, 4.69) is 10.6 Å². The van der Waals surface area contributed by atoms with Gasteiger partial charge in [0.25, 0.3) is 0 Å². The molecule has 0 spiro atoms. The fraction of sp³-hybridized carbons (Fsp3) is 1.00.